The zero-order valence-electron chi connectivity index (χ0n) is 18.4. The average molecular weight is 435 g/mol. The van der Waals surface area contributed by atoms with Gasteiger partial charge in [0.05, 0.1) is 5.69 Å². The van der Waals surface area contributed by atoms with E-state index in [2.05, 4.69) is 48.7 Å². The number of nitrogens with zero attached hydrogens (tertiary/aromatic N) is 7. The minimum atomic E-state index is -0.563. The lowest BCUT2D eigenvalue weighted by Crippen LogP contribution is -2.08. The fourth-order valence-corrected chi connectivity index (χ4v) is 3.55. The van der Waals surface area contributed by atoms with E-state index in [9.17, 15) is 0 Å². The van der Waals surface area contributed by atoms with E-state index in [0.717, 1.165) is 54.0 Å². The standard InChI is InChI=1S/C22H26N8O2/c1-4-13-30-19(24-21(27-30)22(31-2)32-3)12-10-15-9-11-18(23-14-15)16-7-5-6-8-17(16)20-25-28-29-26-20/h5-9,11,14,22H,4,10,12-13H2,1-3H3,(H,25,26,28,29). The first-order chi connectivity index (χ1) is 15.7. The first-order valence-electron chi connectivity index (χ1n) is 10.5. The first kappa shape index (κ1) is 21.7. The van der Waals surface area contributed by atoms with E-state index in [-0.39, 0.29) is 0 Å². The van der Waals surface area contributed by atoms with Crippen LogP contribution >= 0.6 is 0 Å². The largest absolute Gasteiger partial charge is 0.349 e. The van der Waals surface area contributed by atoms with Crippen molar-refractivity contribution in [2.45, 2.75) is 39.0 Å². The van der Waals surface area contributed by atoms with E-state index in [1.165, 1.54) is 0 Å². The van der Waals surface area contributed by atoms with Crippen LogP contribution in [-0.4, -0.2) is 54.6 Å². The molecule has 0 spiro atoms. The normalized spacial score (nSPS) is 11.4. The highest BCUT2D eigenvalue weighted by Gasteiger charge is 2.18. The molecule has 0 aliphatic carbocycles. The molecule has 3 heterocycles. The highest BCUT2D eigenvalue weighted by molar-refractivity contribution is 5.78. The second-order valence-corrected chi connectivity index (χ2v) is 7.26. The Morgan fingerprint density at radius 3 is 2.50 bits per heavy atom. The lowest BCUT2D eigenvalue weighted by atomic mass is 10.0. The Morgan fingerprint density at radius 1 is 1.03 bits per heavy atom. The van der Waals surface area contributed by atoms with Gasteiger partial charge in [0.25, 0.3) is 0 Å². The van der Waals surface area contributed by atoms with Crippen molar-refractivity contribution < 1.29 is 9.47 Å². The molecule has 0 aliphatic rings. The average Bonchev–Trinajstić information content (AvgIpc) is 3.50. The van der Waals surface area contributed by atoms with Gasteiger partial charge in [0.1, 0.15) is 5.82 Å². The number of aromatic nitrogens is 8. The highest BCUT2D eigenvalue weighted by Crippen LogP contribution is 2.28. The smallest absolute Gasteiger partial charge is 0.220 e. The molecular formula is C22H26N8O2. The zero-order chi connectivity index (χ0) is 22.3. The Morgan fingerprint density at radius 2 is 1.84 bits per heavy atom. The van der Waals surface area contributed by atoms with E-state index in [1.54, 1.807) is 14.2 Å². The molecule has 0 saturated heterocycles. The molecule has 4 aromatic rings. The molecule has 0 amide bonds. The van der Waals surface area contributed by atoms with Gasteiger partial charge < -0.3 is 9.47 Å². The molecule has 0 fully saturated rings. The van der Waals surface area contributed by atoms with Crippen LogP contribution < -0.4 is 0 Å². The Labute approximate surface area is 186 Å². The lowest BCUT2D eigenvalue weighted by molar-refractivity contribution is -0.111. The predicted octanol–water partition coefficient (Wildman–Crippen LogP) is 3.01. The monoisotopic (exact) mass is 434 g/mol. The van der Waals surface area contributed by atoms with Crippen molar-refractivity contribution >= 4 is 0 Å². The van der Waals surface area contributed by atoms with Crippen LogP contribution in [0.5, 0.6) is 0 Å². The van der Waals surface area contributed by atoms with Crippen LogP contribution in [0.1, 0.15) is 36.8 Å². The van der Waals surface area contributed by atoms with Gasteiger partial charge >= 0.3 is 0 Å². The number of benzene rings is 1. The van der Waals surface area contributed by atoms with Gasteiger partial charge in [-0.25, -0.2) is 14.8 Å². The molecule has 0 aliphatic heterocycles. The number of nitrogens with one attached hydrogen (secondary N) is 1. The van der Waals surface area contributed by atoms with Crippen LogP contribution in [0.4, 0.5) is 0 Å². The van der Waals surface area contributed by atoms with Crippen molar-refractivity contribution in [3.05, 3.63) is 59.8 Å². The third kappa shape index (κ3) is 4.71. The van der Waals surface area contributed by atoms with Crippen LogP contribution in [0.2, 0.25) is 0 Å². The number of aryl methyl sites for hydroxylation is 3. The van der Waals surface area contributed by atoms with Gasteiger partial charge in [-0.2, -0.15) is 5.10 Å². The Kier molecular flexibility index (Phi) is 6.93. The molecule has 1 N–H and O–H groups in total. The van der Waals surface area contributed by atoms with Crippen LogP contribution in [0, 0.1) is 0 Å². The number of rotatable bonds is 10. The minimum Gasteiger partial charge on any atom is -0.349 e. The molecule has 1 aromatic carbocycles. The van der Waals surface area contributed by atoms with E-state index in [1.807, 2.05) is 41.2 Å². The first-order valence-corrected chi connectivity index (χ1v) is 10.5. The number of ether oxygens (including phenoxy) is 2. The van der Waals surface area contributed by atoms with Crippen molar-refractivity contribution in [1.82, 2.24) is 40.4 Å². The quantitative estimate of drug-likeness (QED) is 0.379. The molecule has 10 nitrogen and oxygen atoms in total. The van der Waals surface area contributed by atoms with Gasteiger partial charge in [0.15, 0.2) is 5.82 Å². The zero-order valence-corrected chi connectivity index (χ0v) is 18.4. The number of pyridine rings is 1. The third-order valence-corrected chi connectivity index (χ3v) is 5.10. The van der Waals surface area contributed by atoms with Crippen LogP contribution in [0.15, 0.2) is 42.6 Å². The number of methoxy groups -OCH3 is 2. The van der Waals surface area contributed by atoms with Crippen LogP contribution in [0.25, 0.3) is 22.6 Å². The maximum Gasteiger partial charge on any atom is 0.220 e. The van der Waals surface area contributed by atoms with Crippen LogP contribution in [-0.2, 0) is 28.9 Å². The lowest BCUT2D eigenvalue weighted by Gasteiger charge is -2.08. The molecule has 10 heteroatoms. The van der Waals surface area contributed by atoms with E-state index < -0.39 is 6.29 Å². The Balaban J connectivity index is 1.50. The van der Waals surface area contributed by atoms with Gasteiger partial charge in [0, 0.05) is 44.5 Å². The number of H-pyrrole nitrogens is 1. The summed E-state index contributed by atoms with van der Waals surface area (Å²) in [5.74, 6) is 2.07. The predicted molar refractivity (Wildman–Crippen MR) is 117 cm³/mol. The van der Waals surface area contributed by atoms with Crippen LogP contribution in [0.3, 0.4) is 0 Å². The van der Waals surface area contributed by atoms with E-state index in [4.69, 9.17) is 9.47 Å². The molecular weight excluding hydrogens is 408 g/mol. The van der Waals surface area contributed by atoms with Crippen molar-refractivity contribution in [2.75, 3.05) is 14.2 Å². The Bertz CT molecular complexity index is 1120. The van der Waals surface area contributed by atoms with E-state index >= 15 is 0 Å². The maximum atomic E-state index is 5.30. The minimum absolute atomic E-state index is 0.547. The molecule has 0 unspecified atom stereocenters. The van der Waals surface area contributed by atoms with Gasteiger partial charge in [-0.1, -0.05) is 37.3 Å². The molecule has 0 bridgehead atoms. The number of hydrogen-bond donors (Lipinski definition) is 1. The second kappa shape index (κ2) is 10.2. The van der Waals surface area contributed by atoms with Crippen molar-refractivity contribution in [1.29, 1.82) is 0 Å². The summed E-state index contributed by atoms with van der Waals surface area (Å²) in [5, 5.41) is 18.8. The van der Waals surface area contributed by atoms with Crippen molar-refractivity contribution in [3.8, 4) is 22.6 Å². The second-order valence-electron chi connectivity index (χ2n) is 7.26. The summed E-state index contributed by atoms with van der Waals surface area (Å²) in [6.45, 7) is 2.91. The summed E-state index contributed by atoms with van der Waals surface area (Å²) in [6.07, 6.45) is 3.85. The fourth-order valence-electron chi connectivity index (χ4n) is 3.55. The van der Waals surface area contributed by atoms with E-state index in [0.29, 0.717) is 11.6 Å². The summed E-state index contributed by atoms with van der Waals surface area (Å²) in [4.78, 5) is 9.34. The van der Waals surface area contributed by atoms with Gasteiger partial charge in [-0.3, -0.25) is 4.98 Å². The number of hydrogen-bond acceptors (Lipinski definition) is 8. The summed E-state index contributed by atoms with van der Waals surface area (Å²) < 4.78 is 12.5. The van der Waals surface area contributed by atoms with Crippen molar-refractivity contribution in [3.63, 3.8) is 0 Å². The molecule has 166 valence electrons. The number of aromatic amines is 1. The molecule has 3 aromatic heterocycles. The van der Waals surface area contributed by atoms with Gasteiger partial charge in [-0.05, 0) is 34.9 Å². The van der Waals surface area contributed by atoms with Crippen molar-refractivity contribution in [2.24, 2.45) is 0 Å². The summed E-state index contributed by atoms with van der Waals surface area (Å²) in [5.41, 5.74) is 3.86. The topological polar surface area (TPSA) is 117 Å². The number of tetrazole rings is 1. The molecule has 4 rings (SSSR count). The molecule has 0 radical (unpaired) electrons. The summed E-state index contributed by atoms with van der Waals surface area (Å²) in [7, 11) is 3.16. The fraction of sp³-hybridized carbons (Fsp3) is 0.364. The SMILES string of the molecule is CCCn1nc(C(OC)OC)nc1CCc1ccc(-c2ccccc2-c2nnn[nH]2)nc1. The maximum absolute atomic E-state index is 5.30. The molecule has 32 heavy (non-hydrogen) atoms. The highest BCUT2D eigenvalue weighted by atomic mass is 16.7. The van der Waals surface area contributed by atoms with Gasteiger partial charge in [-0.15, -0.1) is 5.10 Å². The third-order valence-electron chi connectivity index (χ3n) is 5.10. The summed E-state index contributed by atoms with van der Waals surface area (Å²) in [6, 6.07) is 12.0. The molecule has 0 atom stereocenters. The summed E-state index contributed by atoms with van der Waals surface area (Å²) >= 11 is 0. The Hall–Kier alpha value is -3.50. The van der Waals surface area contributed by atoms with Gasteiger partial charge in [0.2, 0.25) is 12.1 Å². The molecule has 0 saturated carbocycles.